The molecule has 3 nitrogen and oxygen atoms in total. The molecular formula is C14H20ClN3. The van der Waals surface area contributed by atoms with Crippen molar-refractivity contribution in [1.29, 1.82) is 5.26 Å². The van der Waals surface area contributed by atoms with Gasteiger partial charge in [-0.25, -0.2) is 0 Å². The third-order valence-corrected chi connectivity index (χ3v) is 3.51. The van der Waals surface area contributed by atoms with E-state index in [1.807, 2.05) is 12.1 Å². The minimum absolute atomic E-state index is 0. The highest BCUT2D eigenvalue weighted by molar-refractivity contribution is 5.85. The summed E-state index contributed by atoms with van der Waals surface area (Å²) in [4.78, 5) is 4.59. The predicted molar refractivity (Wildman–Crippen MR) is 75.9 cm³/mol. The first-order valence-electron chi connectivity index (χ1n) is 6.10. The highest BCUT2D eigenvalue weighted by Gasteiger charge is 2.24. The Morgan fingerprint density at radius 3 is 2.33 bits per heavy atom. The molecule has 0 radical (unpaired) electrons. The summed E-state index contributed by atoms with van der Waals surface area (Å²) in [6.07, 6.45) is 0. The van der Waals surface area contributed by atoms with Crippen LogP contribution >= 0.6 is 12.4 Å². The summed E-state index contributed by atoms with van der Waals surface area (Å²) in [6, 6.07) is 10.6. The zero-order valence-corrected chi connectivity index (χ0v) is 11.8. The van der Waals surface area contributed by atoms with Crippen molar-refractivity contribution >= 4 is 12.4 Å². The van der Waals surface area contributed by atoms with E-state index in [4.69, 9.17) is 0 Å². The maximum absolute atomic E-state index is 9.42. The van der Waals surface area contributed by atoms with Crippen LogP contribution in [-0.4, -0.2) is 43.0 Å². The van der Waals surface area contributed by atoms with E-state index in [1.165, 1.54) is 5.56 Å². The molecule has 1 atom stereocenters. The van der Waals surface area contributed by atoms with E-state index in [0.29, 0.717) is 0 Å². The first-order valence-corrected chi connectivity index (χ1v) is 6.10. The fourth-order valence-electron chi connectivity index (χ4n) is 2.32. The molecule has 18 heavy (non-hydrogen) atoms. The van der Waals surface area contributed by atoms with E-state index in [9.17, 15) is 5.26 Å². The molecule has 0 saturated carbocycles. The lowest BCUT2D eigenvalue weighted by atomic mass is 10.0. The molecule has 1 aliphatic heterocycles. The van der Waals surface area contributed by atoms with Crippen molar-refractivity contribution in [2.75, 3.05) is 33.2 Å². The van der Waals surface area contributed by atoms with Crippen molar-refractivity contribution in [3.8, 4) is 6.07 Å². The van der Waals surface area contributed by atoms with Crippen molar-refractivity contribution in [2.45, 2.75) is 13.0 Å². The molecule has 4 heteroatoms. The number of likely N-dealkylation sites (N-methyl/N-ethyl adjacent to an activating group) is 1. The lowest BCUT2D eigenvalue weighted by Crippen LogP contribution is -2.45. The van der Waals surface area contributed by atoms with Crippen molar-refractivity contribution in [1.82, 2.24) is 9.80 Å². The molecule has 1 unspecified atom stereocenters. The van der Waals surface area contributed by atoms with Crippen LogP contribution in [-0.2, 0) is 0 Å². The molecule has 98 valence electrons. The Kier molecular flexibility index (Phi) is 5.61. The summed E-state index contributed by atoms with van der Waals surface area (Å²) in [7, 11) is 2.13. The van der Waals surface area contributed by atoms with Crippen LogP contribution in [0.1, 0.15) is 17.2 Å². The first kappa shape index (κ1) is 15.0. The Balaban J connectivity index is 0.00000162. The van der Waals surface area contributed by atoms with Gasteiger partial charge >= 0.3 is 0 Å². The van der Waals surface area contributed by atoms with Gasteiger partial charge in [0.15, 0.2) is 0 Å². The highest BCUT2D eigenvalue weighted by Crippen LogP contribution is 2.23. The molecule has 1 aromatic carbocycles. The van der Waals surface area contributed by atoms with E-state index < -0.39 is 0 Å². The van der Waals surface area contributed by atoms with Crippen molar-refractivity contribution in [2.24, 2.45) is 0 Å². The van der Waals surface area contributed by atoms with E-state index in [-0.39, 0.29) is 18.4 Å². The van der Waals surface area contributed by atoms with Gasteiger partial charge in [0.2, 0.25) is 0 Å². The SMILES string of the molecule is Cc1ccccc1C(C#N)N1CCN(C)CC1.Cl. The second-order valence-electron chi connectivity index (χ2n) is 4.73. The smallest absolute Gasteiger partial charge is 0.124 e. The Labute approximate surface area is 115 Å². The van der Waals surface area contributed by atoms with Gasteiger partial charge in [-0.15, -0.1) is 12.4 Å². The van der Waals surface area contributed by atoms with Gasteiger partial charge < -0.3 is 4.90 Å². The van der Waals surface area contributed by atoms with Gasteiger partial charge in [-0.2, -0.15) is 5.26 Å². The summed E-state index contributed by atoms with van der Waals surface area (Å²) in [5.41, 5.74) is 2.36. The molecule has 0 bridgehead atoms. The molecule has 0 amide bonds. The van der Waals surface area contributed by atoms with Gasteiger partial charge in [0.25, 0.3) is 0 Å². The number of nitrogens with zero attached hydrogens (tertiary/aromatic N) is 3. The monoisotopic (exact) mass is 265 g/mol. The fraction of sp³-hybridized carbons (Fsp3) is 0.500. The minimum Gasteiger partial charge on any atom is -0.304 e. The van der Waals surface area contributed by atoms with Crippen LogP contribution in [0, 0.1) is 18.3 Å². The summed E-state index contributed by atoms with van der Waals surface area (Å²) in [6.45, 7) is 6.12. The topological polar surface area (TPSA) is 30.3 Å². The van der Waals surface area contributed by atoms with Crippen LogP contribution in [0.15, 0.2) is 24.3 Å². The Hall–Kier alpha value is -1.08. The molecule has 1 heterocycles. The average Bonchev–Trinajstić information content (AvgIpc) is 2.35. The molecule has 2 rings (SSSR count). The molecule has 0 spiro atoms. The van der Waals surface area contributed by atoms with Crippen molar-refractivity contribution in [3.05, 3.63) is 35.4 Å². The molecule has 0 aromatic heterocycles. The molecule has 0 aliphatic carbocycles. The number of benzene rings is 1. The van der Waals surface area contributed by atoms with E-state index in [1.54, 1.807) is 0 Å². The lowest BCUT2D eigenvalue weighted by Gasteiger charge is -2.35. The largest absolute Gasteiger partial charge is 0.304 e. The third-order valence-electron chi connectivity index (χ3n) is 3.51. The van der Waals surface area contributed by atoms with Crippen LogP contribution in [0.2, 0.25) is 0 Å². The van der Waals surface area contributed by atoms with Gasteiger partial charge in [0.1, 0.15) is 6.04 Å². The van der Waals surface area contributed by atoms with Gasteiger partial charge in [0, 0.05) is 26.2 Å². The van der Waals surface area contributed by atoms with Crippen LogP contribution in [0.3, 0.4) is 0 Å². The molecule has 1 aliphatic rings. The van der Waals surface area contributed by atoms with Crippen LogP contribution in [0.25, 0.3) is 0 Å². The molecular weight excluding hydrogens is 246 g/mol. The number of hydrogen-bond acceptors (Lipinski definition) is 3. The maximum atomic E-state index is 9.42. The van der Waals surface area contributed by atoms with E-state index in [0.717, 1.165) is 31.7 Å². The summed E-state index contributed by atoms with van der Waals surface area (Å²) < 4.78 is 0. The normalized spacial score (nSPS) is 18.7. The van der Waals surface area contributed by atoms with Crippen molar-refractivity contribution < 1.29 is 0 Å². The molecule has 1 saturated heterocycles. The number of piperazine rings is 1. The van der Waals surface area contributed by atoms with Crippen LogP contribution < -0.4 is 0 Å². The fourth-order valence-corrected chi connectivity index (χ4v) is 2.32. The summed E-state index contributed by atoms with van der Waals surface area (Å²) in [5.74, 6) is 0. The zero-order chi connectivity index (χ0) is 12.3. The second kappa shape index (κ2) is 6.75. The lowest BCUT2D eigenvalue weighted by molar-refractivity contribution is 0.132. The number of nitriles is 1. The number of halogens is 1. The predicted octanol–water partition coefficient (Wildman–Crippen LogP) is 2.23. The number of hydrogen-bond donors (Lipinski definition) is 0. The second-order valence-corrected chi connectivity index (χ2v) is 4.73. The van der Waals surface area contributed by atoms with Gasteiger partial charge in [-0.1, -0.05) is 24.3 Å². The molecule has 1 aromatic rings. The number of rotatable bonds is 2. The average molecular weight is 266 g/mol. The van der Waals surface area contributed by atoms with Crippen LogP contribution in [0.5, 0.6) is 0 Å². The minimum atomic E-state index is -0.0927. The van der Waals surface area contributed by atoms with E-state index in [2.05, 4.69) is 42.0 Å². The van der Waals surface area contributed by atoms with Gasteiger partial charge in [0.05, 0.1) is 6.07 Å². The zero-order valence-electron chi connectivity index (χ0n) is 11.0. The Bertz CT molecular complexity index is 419. The maximum Gasteiger partial charge on any atom is 0.124 e. The summed E-state index contributed by atoms with van der Waals surface area (Å²) >= 11 is 0. The first-order chi connectivity index (χ1) is 8.22. The highest BCUT2D eigenvalue weighted by atomic mass is 35.5. The molecule has 0 N–H and O–H groups in total. The van der Waals surface area contributed by atoms with E-state index >= 15 is 0 Å². The van der Waals surface area contributed by atoms with Crippen LogP contribution in [0.4, 0.5) is 0 Å². The quantitative estimate of drug-likeness (QED) is 0.822. The Morgan fingerprint density at radius 2 is 1.78 bits per heavy atom. The number of aryl methyl sites for hydroxylation is 1. The Morgan fingerprint density at radius 1 is 1.17 bits per heavy atom. The molecule has 1 fully saturated rings. The van der Waals surface area contributed by atoms with Crippen molar-refractivity contribution in [3.63, 3.8) is 0 Å². The van der Waals surface area contributed by atoms with Gasteiger partial charge in [-0.05, 0) is 25.1 Å². The van der Waals surface area contributed by atoms with Gasteiger partial charge in [-0.3, -0.25) is 4.90 Å². The third kappa shape index (κ3) is 3.23. The standard InChI is InChI=1S/C14H19N3.ClH/c1-12-5-3-4-6-13(12)14(11-15)17-9-7-16(2)8-10-17;/h3-6,14H,7-10H2,1-2H3;1H. The summed E-state index contributed by atoms with van der Waals surface area (Å²) in [5, 5.41) is 9.42.